The molecule has 3 N–H and O–H groups in total. The summed E-state index contributed by atoms with van der Waals surface area (Å²) in [5.41, 5.74) is 0.361. The van der Waals surface area contributed by atoms with Gasteiger partial charge in [0.25, 0.3) is 15.9 Å². The van der Waals surface area contributed by atoms with Crippen molar-refractivity contribution in [3.63, 3.8) is 0 Å². The number of amides is 2. The summed E-state index contributed by atoms with van der Waals surface area (Å²) in [6, 6.07) is 17.1. The van der Waals surface area contributed by atoms with Crippen LogP contribution in [0.3, 0.4) is 0 Å². The number of benzene rings is 2. The SMILES string of the molecule is COc1ccccc1NS(=O)(=O)c1cccc(C(=O)NCC(=O)Nc2ccccn2)c1. The number of pyridine rings is 1. The molecule has 0 radical (unpaired) electrons. The van der Waals surface area contributed by atoms with Crippen LogP contribution < -0.4 is 20.1 Å². The molecule has 0 fully saturated rings. The summed E-state index contributed by atoms with van der Waals surface area (Å²) in [5.74, 6) is -0.338. The van der Waals surface area contributed by atoms with Gasteiger partial charge in [-0.05, 0) is 42.5 Å². The van der Waals surface area contributed by atoms with Crippen molar-refractivity contribution in [3.8, 4) is 5.75 Å². The number of carbonyl (C=O) groups excluding carboxylic acids is 2. The van der Waals surface area contributed by atoms with E-state index in [1.165, 1.54) is 37.6 Å². The Morgan fingerprint density at radius 2 is 1.77 bits per heavy atom. The van der Waals surface area contributed by atoms with Gasteiger partial charge in [0.2, 0.25) is 5.91 Å². The Morgan fingerprint density at radius 3 is 2.52 bits per heavy atom. The molecule has 0 aliphatic carbocycles. The number of nitrogens with zero attached hydrogens (tertiary/aromatic N) is 1. The molecule has 1 heterocycles. The zero-order chi connectivity index (χ0) is 22.3. The first kappa shape index (κ1) is 21.8. The van der Waals surface area contributed by atoms with E-state index in [0.717, 1.165) is 0 Å². The van der Waals surface area contributed by atoms with Crippen molar-refractivity contribution in [2.24, 2.45) is 0 Å². The van der Waals surface area contributed by atoms with Crippen LogP contribution in [0.15, 0.2) is 77.8 Å². The Balaban J connectivity index is 1.67. The number of anilines is 2. The second kappa shape index (κ2) is 9.72. The average molecular weight is 440 g/mol. The minimum absolute atomic E-state index is 0.0912. The summed E-state index contributed by atoms with van der Waals surface area (Å²) >= 11 is 0. The molecule has 0 spiro atoms. The Hall–Kier alpha value is -3.92. The van der Waals surface area contributed by atoms with Gasteiger partial charge in [0.1, 0.15) is 11.6 Å². The minimum Gasteiger partial charge on any atom is -0.495 e. The molecular formula is C21H20N4O5S. The zero-order valence-electron chi connectivity index (χ0n) is 16.5. The van der Waals surface area contributed by atoms with Gasteiger partial charge in [-0.1, -0.05) is 24.3 Å². The second-order valence-electron chi connectivity index (χ2n) is 6.28. The van der Waals surface area contributed by atoms with E-state index >= 15 is 0 Å². The Morgan fingerprint density at radius 1 is 1.00 bits per heavy atom. The van der Waals surface area contributed by atoms with Gasteiger partial charge < -0.3 is 15.4 Å². The third-order valence-electron chi connectivity index (χ3n) is 4.10. The van der Waals surface area contributed by atoms with Crippen molar-refractivity contribution < 1.29 is 22.7 Å². The summed E-state index contributed by atoms with van der Waals surface area (Å²) in [5, 5.41) is 4.99. The monoisotopic (exact) mass is 440 g/mol. The number of para-hydroxylation sites is 2. The normalized spacial score (nSPS) is 10.7. The zero-order valence-corrected chi connectivity index (χ0v) is 17.3. The highest BCUT2D eigenvalue weighted by atomic mass is 32.2. The molecule has 31 heavy (non-hydrogen) atoms. The van der Waals surface area contributed by atoms with Gasteiger partial charge in [0, 0.05) is 11.8 Å². The van der Waals surface area contributed by atoms with Crippen LogP contribution in [0, 0.1) is 0 Å². The molecule has 2 aromatic carbocycles. The lowest BCUT2D eigenvalue weighted by Crippen LogP contribution is -2.33. The maximum absolute atomic E-state index is 12.7. The van der Waals surface area contributed by atoms with Crippen LogP contribution in [0.2, 0.25) is 0 Å². The van der Waals surface area contributed by atoms with Crippen LogP contribution >= 0.6 is 0 Å². The molecule has 160 valence electrons. The average Bonchev–Trinajstić information content (AvgIpc) is 2.78. The molecule has 0 saturated carbocycles. The van der Waals surface area contributed by atoms with Gasteiger partial charge in [-0.3, -0.25) is 14.3 Å². The third kappa shape index (κ3) is 5.80. The topological polar surface area (TPSA) is 126 Å². The molecule has 0 bridgehead atoms. The number of rotatable bonds is 8. The lowest BCUT2D eigenvalue weighted by atomic mass is 10.2. The molecule has 0 saturated heterocycles. The van der Waals surface area contributed by atoms with Gasteiger partial charge in [-0.15, -0.1) is 0 Å². The van der Waals surface area contributed by atoms with Gasteiger partial charge in [0.05, 0.1) is 24.2 Å². The number of ether oxygens (including phenoxy) is 1. The van der Waals surface area contributed by atoms with Crippen molar-refractivity contribution in [1.29, 1.82) is 0 Å². The standard InChI is InChI=1S/C21H20N4O5S/c1-30-18-10-3-2-9-17(18)25-31(28,29)16-8-6-7-15(13-16)21(27)23-14-20(26)24-19-11-4-5-12-22-19/h2-13,25H,14H2,1H3,(H,23,27)(H,22,24,26). The van der Waals surface area contributed by atoms with E-state index in [-0.39, 0.29) is 22.7 Å². The van der Waals surface area contributed by atoms with Crippen molar-refractivity contribution >= 4 is 33.3 Å². The lowest BCUT2D eigenvalue weighted by Gasteiger charge is -2.12. The molecule has 9 nitrogen and oxygen atoms in total. The van der Waals surface area contributed by atoms with Crippen LogP contribution in [0.5, 0.6) is 5.75 Å². The molecule has 0 unspecified atom stereocenters. The number of nitrogens with one attached hydrogen (secondary N) is 3. The summed E-state index contributed by atoms with van der Waals surface area (Å²) in [6.07, 6.45) is 1.53. The smallest absolute Gasteiger partial charge is 0.262 e. The highest BCUT2D eigenvalue weighted by Gasteiger charge is 2.18. The maximum atomic E-state index is 12.7. The fraction of sp³-hybridized carbons (Fsp3) is 0.0952. The van der Waals surface area contributed by atoms with E-state index in [1.807, 2.05) is 0 Å². The first-order valence-electron chi connectivity index (χ1n) is 9.14. The molecule has 10 heteroatoms. The summed E-state index contributed by atoms with van der Waals surface area (Å²) in [7, 11) is -2.54. The van der Waals surface area contributed by atoms with Crippen molar-refractivity contribution in [1.82, 2.24) is 10.3 Å². The summed E-state index contributed by atoms with van der Waals surface area (Å²) in [6.45, 7) is -0.300. The van der Waals surface area contributed by atoms with Crippen LogP contribution in [0.4, 0.5) is 11.5 Å². The molecule has 0 aliphatic heterocycles. The van der Waals surface area contributed by atoms with Crippen molar-refractivity contribution in [3.05, 3.63) is 78.5 Å². The Kier molecular flexibility index (Phi) is 6.83. The molecule has 3 rings (SSSR count). The molecule has 3 aromatic rings. The van der Waals surface area contributed by atoms with E-state index in [9.17, 15) is 18.0 Å². The van der Waals surface area contributed by atoms with E-state index < -0.39 is 21.8 Å². The quantitative estimate of drug-likeness (QED) is 0.493. The second-order valence-corrected chi connectivity index (χ2v) is 7.96. The predicted molar refractivity (Wildman–Crippen MR) is 115 cm³/mol. The van der Waals surface area contributed by atoms with Crippen molar-refractivity contribution in [2.45, 2.75) is 4.90 Å². The first-order valence-corrected chi connectivity index (χ1v) is 10.6. The number of methoxy groups -OCH3 is 1. The maximum Gasteiger partial charge on any atom is 0.262 e. The number of carbonyl (C=O) groups is 2. The van der Waals surface area contributed by atoms with Crippen LogP contribution in [-0.2, 0) is 14.8 Å². The van der Waals surface area contributed by atoms with Gasteiger partial charge >= 0.3 is 0 Å². The Bertz CT molecular complexity index is 1180. The Labute approximate surface area is 179 Å². The van der Waals surface area contributed by atoms with Gasteiger partial charge in [-0.2, -0.15) is 0 Å². The molecule has 0 aliphatic rings. The molecule has 1 aromatic heterocycles. The number of hydrogen-bond donors (Lipinski definition) is 3. The van der Waals surface area contributed by atoms with E-state index in [2.05, 4.69) is 20.3 Å². The van der Waals surface area contributed by atoms with Gasteiger partial charge in [0.15, 0.2) is 0 Å². The van der Waals surface area contributed by atoms with E-state index in [0.29, 0.717) is 11.6 Å². The van der Waals surface area contributed by atoms with E-state index in [1.54, 1.807) is 42.5 Å². The fourth-order valence-corrected chi connectivity index (χ4v) is 3.74. The first-order chi connectivity index (χ1) is 14.9. The predicted octanol–water partition coefficient (Wildman–Crippen LogP) is 2.26. The van der Waals surface area contributed by atoms with Crippen LogP contribution in [0.1, 0.15) is 10.4 Å². The summed E-state index contributed by atoms with van der Waals surface area (Å²) < 4.78 is 33.1. The fourth-order valence-electron chi connectivity index (χ4n) is 2.62. The molecular weight excluding hydrogens is 420 g/mol. The minimum atomic E-state index is -3.97. The summed E-state index contributed by atoms with van der Waals surface area (Å²) in [4.78, 5) is 28.2. The molecule has 2 amide bonds. The molecule has 0 atom stereocenters. The van der Waals surface area contributed by atoms with Crippen LogP contribution in [-0.4, -0.2) is 38.9 Å². The largest absolute Gasteiger partial charge is 0.495 e. The van der Waals surface area contributed by atoms with Gasteiger partial charge in [-0.25, -0.2) is 13.4 Å². The number of hydrogen-bond acceptors (Lipinski definition) is 6. The number of aromatic nitrogens is 1. The lowest BCUT2D eigenvalue weighted by molar-refractivity contribution is -0.115. The third-order valence-corrected chi connectivity index (χ3v) is 5.46. The number of sulfonamides is 1. The highest BCUT2D eigenvalue weighted by molar-refractivity contribution is 7.92. The highest BCUT2D eigenvalue weighted by Crippen LogP contribution is 2.26. The van der Waals surface area contributed by atoms with Crippen LogP contribution in [0.25, 0.3) is 0 Å². The van der Waals surface area contributed by atoms with E-state index in [4.69, 9.17) is 4.74 Å². The van der Waals surface area contributed by atoms with Crippen molar-refractivity contribution in [2.75, 3.05) is 23.7 Å².